The standard InChI is InChI=1S/C18H21Cl2N/c1-3-21-18(14-8-5-4-6-9-14)13(2)12-15-16(19)10-7-11-17(15)20/h4-11,13,18,21H,3,12H2,1-2H3. The molecule has 2 aromatic carbocycles. The zero-order valence-corrected chi connectivity index (χ0v) is 14.0. The minimum Gasteiger partial charge on any atom is -0.310 e. The molecule has 2 atom stereocenters. The van der Waals surface area contributed by atoms with Crippen LogP contribution in [0.3, 0.4) is 0 Å². The summed E-state index contributed by atoms with van der Waals surface area (Å²) in [5.74, 6) is 0.393. The van der Waals surface area contributed by atoms with E-state index < -0.39 is 0 Å². The first kappa shape index (κ1) is 16.4. The SMILES string of the molecule is CCNC(c1ccccc1)C(C)Cc1c(Cl)cccc1Cl. The number of benzene rings is 2. The molecule has 0 saturated carbocycles. The average molecular weight is 322 g/mol. The number of halogens is 2. The van der Waals surface area contributed by atoms with Crippen LogP contribution in [0.25, 0.3) is 0 Å². The van der Waals surface area contributed by atoms with E-state index in [0.29, 0.717) is 12.0 Å². The van der Waals surface area contributed by atoms with Crippen molar-refractivity contribution in [1.82, 2.24) is 5.32 Å². The van der Waals surface area contributed by atoms with E-state index in [4.69, 9.17) is 23.2 Å². The van der Waals surface area contributed by atoms with Crippen LogP contribution in [-0.4, -0.2) is 6.54 Å². The molecule has 0 saturated heterocycles. The molecule has 0 aliphatic heterocycles. The van der Waals surface area contributed by atoms with Crippen LogP contribution in [0.15, 0.2) is 48.5 Å². The second kappa shape index (κ2) is 7.84. The van der Waals surface area contributed by atoms with Gasteiger partial charge in [-0.25, -0.2) is 0 Å². The average Bonchev–Trinajstić information content (AvgIpc) is 2.49. The van der Waals surface area contributed by atoms with E-state index in [9.17, 15) is 0 Å². The predicted molar refractivity (Wildman–Crippen MR) is 92.2 cm³/mol. The van der Waals surface area contributed by atoms with Gasteiger partial charge < -0.3 is 5.32 Å². The summed E-state index contributed by atoms with van der Waals surface area (Å²) in [6, 6.07) is 16.5. The van der Waals surface area contributed by atoms with Gasteiger partial charge in [-0.05, 0) is 42.1 Å². The Morgan fingerprint density at radius 2 is 1.57 bits per heavy atom. The predicted octanol–water partition coefficient (Wildman–Crippen LogP) is 5.52. The Labute approximate surface area is 137 Å². The van der Waals surface area contributed by atoms with Crippen LogP contribution in [0.5, 0.6) is 0 Å². The lowest BCUT2D eigenvalue weighted by Gasteiger charge is -2.26. The van der Waals surface area contributed by atoms with E-state index in [1.807, 2.05) is 24.3 Å². The molecule has 2 unspecified atom stereocenters. The Balaban J connectivity index is 2.21. The first-order chi connectivity index (χ1) is 10.1. The van der Waals surface area contributed by atoms with Crippen molar-refractivity contribution < 1.29 is 0 Å². The molecule has 0 radical (unpaired) electrons. The van der Waals surface area contributed by atoms with Crippen molar-refractivity contribution in [2.45, 2.75) is 26.3 Å². The molecule has 3 heteroatoms. The number of nitrogens with one attached hydrogen (secondary N) is 1. The van der Waals surface area contributed by atoms with E-state index in [-0.39, 0.29) is 0 Å². The van der Waals surface area contributed by atoms with Crippen molar-refractivity contribution in [2.75, 3.05) is 6.54 Å². The Hall–Kier alpha value is -1.02. The molecule has 0 bridgehead atoms. The molecular formula is C18H21Cl2N. The molecule has 2 aromatic rings. The van der Waals surface area contributed by atoms with E-state index >= 15 is 0 Å². The molecule has 0 aromatic heterocycles. The van der Waals surface area contributed by atoms with Crippen molar-refractivity contribution in [3.63, 3.8) is 0 Å². The summed E-state index contributed by atoms with van der Waals surface area (Å²) in [4.78, 5) is 0. The second-order valence-corrected chi connectivity index (χ2v) is 6.14. The first-order valence-corrected chi connectivity index (χ1v) is 8.10. The van der Waals surface area contributed by atoms with Crippen molar-refractivity contribution in [1.29, 1.82) is 0 Å². The number of rotatable bonds is 6. The fraction of sp³-hybridized carbons (Fsp3) is 0.333. The lowest BCUT2D eigenvalue weighted by Crippen LogP contribution is -2.28. The van der Waals surface area contributed by atoms with Crippen molar-refractivity contribution in [3.05, 3.63) is 69.7 Å². The zero-order chi connectivity index (χ0) is 15.2. The highest BCUT2D eigenvalue weighted by atomic mass is 35.5. The van der Waals surface area contributed by atoms with E-state index in [2.05, 4.69) is 43.4 Å². The van der Waals surface area contributed by atoms with Gasteiger partial charge in [-0.2, -0.15) is 0 Å². The van der Waals surface area contributed by atoms with Gasteiger partial charge in [0, 0.05) is 16.1 Å². The topological polar surface area (TPSA) is 12.0 Å². The molecule has 1 nitrogen and oxygen atoms in total. The van der Waals surface area contributed by atoms with Crippen LogP contribution in [0.2, 0.25) is 10.0 Å². The number of hydrogen-bond acceptors (Lipinski definition) is 1. The van der Waals surface area contributed by atoms with Gasteiger partial charge in [-0.15, -0.1) is 0 Å². The quantitative estimate of drug-likeness (QED) is 0.738. The summed E-state index contributed by atoms with van der Waals surface area (Å²) in [6.07, 6.45) is 0.852. The lowest BCUT2D eigenvalue weighted by molar-refractivity contribution is 0.391. The maximum atomic E-state index is 6.30. The molecule has 2 rings (SSSR count). The largest absolute Gasteiger partial charge is 0.310 e. The summed E-state index contributed by atoms with van der Waals surface area (Å²) in [5, 5.41) is 5.07. The van der Waals surface area contributed by atoms with Gasteiger partial charge in [0.1, 0.15) is 0 Å². The minimum absolute atomic E-state index is 0.295. The van der Waals surface area contributed by atoms with Crippen LogP contribution in [0.4, 0.5) is 0 Å². The molecule has 0 heterocycles. The van der Waals surface area contributed by atoms with Gasteiger partial charge in [0.05, 0.1) is 0 Å². The third kappa shape index (κ3) is 4.23. The summed E-state index contributed by atoms with van der Waals surface area (Å²) in [6.45, 7) is 5.30. The van der Waals surface area contributed by atoms with Gasteiger partial charge in [0.15, 0.2) is 0 Å². The zero-order valence-electron chi connectivity index (χ0n) is 12.4. The van der Waals surface area contributed by atoms with Crippen LogP contribution < -0.4 is 5.32 Å². The maximum Gasteiger partial charge on any atom is 0.0452 e. The first-order valence-electron chi connectivity index (χ1n) is 7.34. The highest BCUT2D eigenvalue weighted by Gasteiger charge is 2.20. The molecule has 1 N–H and O–H groups in total. The monoisotopic (exact) mass is 321 g/mol. The molecule has 112 valence electrons. The van der Waals surface area contributed by atoms with E-state index in [0.717, 1.165) is 28.6 Å². The third-order valence-corrected chi connectivity index (χ3v) is 4.45. The molecule has 0 fully saturated rings. The fourth-order valence-corrected chi connectivity index (χ4v) is 3.25. The van der Waals surface area contributed by atoms with Crippen LogP contribution in [-0.2, 0) is 6.42 Å². The highest BCUT2D eigenvalue weighted by molar-refractivity contribution is 6.35. The summed E-state index contributed by atoms with van der Waals surface area (Å²) in [5.41, 5.74) is 2.34. The van der Waals surface area contributed by atoms with Crippen LogP contribution in [0.1, 0.15) is 31.0 Å². The maximum absolute atomic E-state index is 6.30. The Kier molecular flexibility index (Phi) is 6.10. The Morgan fingerprint density at radius 3 is 2.14 bits per heavy atom. The molecular weight excluding hydrogens is 301 g/mol. The molecule has 0 aliphatic carbocycles. The lowest BCUT2D eigenvalue weighted by atomic mass is 9.89. The summed E-state index contributed by atoms with van der Waals surface area (Å²) < 4.78 is 0. The third-order valence-electron chi connectivity index (χ3n) is 3.74. The minimum atomic E-state index is 0.295. The number of hydrogen-bond donors (Lipinski definition) is 1. The smallest absolute Gasteiger partial charge is 0.0452 e. The van der Waals surface area contributed by atoms with E-state index in [1.165, 1.54) is 5.56 Å². The van der Waals surface area contributed by atoms with Gasteiger partial charge in [-0.3, -0.25) is 0 Å². The molecule has 0 spiro atoms. The summed E-state index contributed by atoms with van der Waals surface area (Å²) in [7, 11) is 0. The fourth-order valence-electron chi connectivity index (χ4n) is 2.70. The highest BCUT2D eigenvalue weighted by Crippen LogP contribution is 2.31. The summed E-state index contributed by atoms with van der Waals surface area (Å²) >= 11 is 12.6. The van der Waals surface area contributed by atoms with Gasteiger partial charge in [-0.1, -0.05) is 73.4 Å². The second-order valence-electron chi connectivity index (χ2n) is 5.33. The van der Waals surface area contributed by atoms with Crippen LogP contribution >= 0.6 is 23.2 Å². The van der Waals surface area contributed by atoms with Crippen molar-refractivity contribution >= 4 is 23.2 Å². The molecule has 21 heavy (non-hydrogen) atoms. The van der Waals surface area contributed by atoms with Crippen molar-refractivity contribution in [3.8, 4) is 0 Å². The Bertz CT molecular complexity index is 548. The normalized spacial score (nSPS) is 13.9. The van der Waals surface area contributed by atoms with Gasteiger partial charge >= 0.3 is 0 Å². The molecule has 0 aliphatic rings. The van der Waals surface area contributed by atoms with Gasteiger partial charge in [0.2, 0.25) is 0 Å². The Morgan fingerprint density at radius 1 is 0.952 bits per heavy atom. The van der Waals surface area contributed by atoms with Crippen molar-refractivity contribution in [2.24, 2.45) is 5.92 Å². The van der Waals surface area contributed by atoms with Gasteiger partial charge in [0.25, 0.3) is 0 Å². The van der Waals surface area contributed by atoms with Crippen LogP contribution in [0, 0.1) is 5.92 Å². The van der Waals surface area contributed by atoms with E-state index in [1.54, 1.807) is 0 Å². The molecule has 0 amide bonds.